The summed E-state index contributed by atoms with van der Waals surface area (Å²) in [6, 6.07) is 13.6. The molecule has 0 saturated carbocycles. The fourth-order valence-corrected chi connectivity index (χ4v) is 3.76. The third-order valence-electron chi connectivity index (χ3n) is 5.03. The number of halogens is 4. The van der Waals surface area contributed by atoms with E-state index in [9.17, 15) is 23.1 Å². The monoisotopic (exact) mass is 458 g/mol. The van der Waals surface area contributed by atoms with Gasteiger partial charge in [0.1, 0.15) is 0 Å². The number of nitrogens with zero attached hydrogens (tertiary/aromatic N) is 1. The van der Waals surface area contributed by atoms with Gasteiger partial charge in [-0.25, -0.2) is 4.79 Å². The summed E-state index contributed by atoms with van der Waals surface area (Å²) >= 11 is 5.79. The molecule has 162 valence electrons. The Morgan fingerprint density at radius 3 is 2.38 bits per heavy atom. The van der Waals surface area contributed by atoms with Crippen LogP contribution in [0.5, 0.6) is 11.5 Å². The minimum atomic E-state index is -4.50. The van der Waals surface area contributed by atoms with Gasteiger partial charge >= 0.3 is 12.1 Å². The molecule has 0 radical (unpaired) electrons. The van der Waals surface area contributed by atoms with Gasteiger partial charge in [-0.05, 0) is 54.3 Å². The van der Waals surface area contributed by atoms with Gasteiger partial charge in [-0.1, -0.05) is 23.7 Å². The number of nitrogens with one attached hydrogen (secondary N) is 1. The molecular formula is C23H14ClF3N2O3. The Labute approximate surface area is 185 Å². The van der Waals surface area contributed by atoms with Crippen LogP contribution in [-0.2, 0) is 19.0 Å². The van der Waals surface area contributed by atoms with E-state index in [1.54, 1.807) is 12.1 Å². The number of aryl methyl sites for hydroxylation is 2. The number of hydrogen-bond acceptors (Lipinski definition) is 4. The zero-order valence-electron chi connectivity index (χ0n) is 16.3. The maximum atomic E-state index is 12.9. The molecule has 0 spiro atoms. The average molecular weight is 459 g/mol. The van der Waals surface area contributed by atoms with E-state index >= 15 is 0 Å². The van der Waals surface area contributed by atoms with Crippen LogP contribution in [0.3, 0.4) is 0 Å². The minimum absolute atomic E-state index is 0.0760. The van der Waals surface area contributed by atoms with Crippen molar-refractivity contribution >= 4 is 28.9 Å². The van der Waals surface area contributed by atoms with E-state index in [-0.39, 0.29) is 27.6 Å². The third kappa shape index (κ3) is 4.20. The molecule has 2 N–H and O–H groups in total. The van der Waals surface area contributed by atoms with Crippen LogP contribution in [0.25, 0.3) is 0 Å². The summed E-state index contributed by atoms with van der Waals surface area (Å²) in [6.45, 7) is 0. The normalized spacial score (nSPS) is 12.1. The van der Waals surface area contributed by atoms with Gasteiger partial charge in [0.05, 0.1) is 39.2 Å². The molecule has 32 heavy (non-hydrogen) atoms. The number of hydrogen-bond donors (Lipinski definition) is 2. The predicted octanol–water partition coefficient (Wildman–Crippen LogP) is 6.56. The van der Waals surface area contributed by atoms with Crippen molar-refractivity contribution in [3.63, 3.8) is 0 Å². The lowest BCUT2D eigenvalue weighted by atomic mass is 10.0. The van der Waals surface area contributed by atoms with Crippen LogP contribution in [0.4, 0.5) is 24.5 Å². The second kappa shape index (κ2) is 8.09. The summed E-state index contributed by atoms with van der Waals surface area (Å²) in [6.07, 6.45) is -3.52. The van der Waals surface area contributed by atoms with Gasteiger partial charge in [0.25, 0.3) is 0 Å². The number of carbonyl (C=O) groups is 1. The fourth-order valence-electron chi connectivity index (χ4n) is 3.45. The number of aromatic carboxylic acids is 1. The maximum absolute atomic E-state index is 12.9. The quantitative estimate of drug-likeness (QED) is 0.361. The molecule has 1 heterocycles. The molecule has 1 aliphatic rings. The number of nitriles is 1. The average Bonchev–Trinajstić information content (AvgIpc) is 2.74. The zero-order chi connectivity index (χ0) is 23.0. The molecule has 0 unspecified atom stereocenters. The Morgan fingerprint density at radius 2 is 1.75 bits per heavy atom. The van der Waals surface area contributed by atoms with Crippen molar-refractivity contribution in [2.24, 2.45) is 0 Å². The van der Waals surface area contributed by atoms with Gasteiger partial charge in [0.2, 0.25) is 0 Å². The molecule has 0 aromatic heterocycles. The standard InChI is InChI=1S/C23H14ClF3N2O3/c24-17-8-12(3-5-16(17)23(25,26)27)1-2-13-4-6-18-19(9-13)32-20-10-14(11-28)7-15(22(30)31)21(20)29-18/h3-10,29H,1-2H2,(H,30,31). The van der Waals surface area contributed by atoms with Crippen molar-refractivity contribution in [2.45, 2.75) is 19.0 Å². The van der Waals surface area contributed by atoms with Crippen LogP contribution in [0.15, 0.2) is 48.5 Å². The smallest absolute Gasteiger partial charge is 0.417 e. The van der Waals surface area contributed by atoms with Crippen LogP contribution in [0.2, 0.25) is 5.02 Å². The SMILES string of the molecule is N#Cc1cc2c(c(C(=O)O)c1)Nc1ccc(CCc3ccc(C(F)(F)F)c(Cl)c3)cc1O2. The van der Waals surface area contributed by atoms with Gasteiger partial charge in [0, 0.05) is 6.07 Å². The molecule has 0 amide bonds. The van der Waals surface area contributed by atoms with E-state index in [2.05, 4.69) is 5.32 Å². The first-order valence-corrected chi connectivity index (χ1v) is 9.78. The number of anilines is 2. The molecule has 0 atom stereocenters. The fraction of sp³-hybridized carbons (Fsp3) is 0.130. The number of carboxylic acid groups (broad SMARTS) is 1. The van der Waals surface area contributed by atoms with Crippen molar-refractivity contribution in [1.82, 2.24) is 0 Å². The summed E-state index contributed by atoms with van der Waals surface area (Å²) in [5.74, 6) is -0.516. The van der Waals surface area contributed by atoms with Gasteiger partial charge in [-0.3, -0.25) is 0 Å². The lowest BCUT2D eigenvalue weighted by molar-refractivity contribution is -0.137. The van der Waals surface area contributed by atoms with Crippen molar-refractivity contribution < 1.29 is 27.8 Å². The highest BCUT2D eigenvalue weighted by molar-refractivity contribution is 6.31. The van der Waals surface area contributed by atoms with Gasteiger partial charge in [0.15, 0.2) is 11.5 Å². The molecule has 0 bridgehead atoms. The van der Waals surface area contributed by atoms with Crippen LogP contribution in [0, 0.1) is 11.3 Å². The molecule has 0 aliphatic carbocycles. The van der Waals surface area contributed by atoms with Gasteiger partial charge in [-0.2, -0.15) is 18.4 Å². The maximum Gasteiger partial charge on any atom is 0.417 e. The first kappa shape index (κ1) is 21.5. The van der Waals surface area contributed by atoms with E-state index in [0.29, 0.717) is 29.8 Å². The first-order chi connectivity index (χ1) is 15.2. The summed E-state index contributed by atoms with van der Waals surface area (Å²) in [5, 5.41) is 21.3. The summed E-state index contributed by atoms with van der Waals surface area (Å²) in [5.41, 5.74) is 1.55. The number of ether oxygens (including phenoxy) is 1. The molecule has 3 aromatic rings. The number of benzene rings is 3. The molecule has 9 heteroatoms. The van der Waals surface area contributed by atoms with Crippen molar-refractivity contribution in [3.05, 3.63) is 81.4 Å². The number of alkyl halides is 3. The topological polar surface area (TPSA) is 82.4 Å². The molecule has 0 saturated heterocycles. The summed E-state index contributed by atoms with van der Waals surface area (Å²) in [4.78, 5) is 11.6. The van der Waals surface area contributed by atoms with E-state index in [1.807, 2.05) is 12.1 Å². The highest BCUT2D eigenvalue weighted by Crippen LogP contribution is 2.44. The lowest BCUT2D eigenvalue weighted by Crippen LogP contribution is -2.10. The molecule has 1 aliphatic heterocycles. The Morgan fingerprint density at radius 1 is 1.06 bits per heavy atom. The number of rotatable bonds is 4. The molecule has 3 aromatic carbocycles. The van der Waals surface area contributed by atoms with E-state index in [4.69, 9.17) is 21.6 Å². The van der Waals surface area contributed by atoms with Gasteiger partial charge < -0.3 is 15.2 Å². The summed E-state index contributed by atoms with van der Waals surface area (Å²) < 4.78 is 44.4. The second-order valence-corrected chi connectivity index (χ2v) is 7.59. The zero-order valence-corrected chi connectivity index (χ0v) is 17.0. The Balaban J connectivity index is 1.54. The van der Waals surface area contributed by atoms with Crippen molar-refractivity contribution in [2.75, 3.05) is 5.32 Å². The molecular weight excluding hydrogens is 445 g/mol. The highest BCUT2D eigenvalue weighted by atomic mass is 35.5. The highest BCUT2D eigenvalue weighted by Gasteiger charge is 2.33. The first-order valence-electron chi connectivity index (χ1n) is 9.40. The largest absolute Gasteiger partial charge is 0.478 e. The predicted molar refractivity (Wildman–Crippen MR) is 112 cm³/mol. The Kier molecular flexibility index (Phi) is 5.45. The van der Waals surface area contributed by atoms with Crippen LogP contribution in [0.1, 0.15) is 32.6 Å². The Hall–Kier alpha value is -3.70. The molecule has 5 nitrogen and oxygen atoms in total. The second-order valence-electron chi connectivity index (χ2n) is 7.18. The van der Waals surface area contributed by atoms with Crippen molar-refractivity contribution in [1.29, 1.82) is 5.26 Å². The van der Waals surface area contributed by atoms with E-state index < -0.39 is 17.7 Å². The van der Waals surface area contributed by atoms with E-state index in [0.717, 1.165) is 11.6 Å². The van der Waals surface area contributed by atoms with Crippen LogP contribution in [-0.4, -0.2) is 11.1 Å². The summed E-state index contributed by atoms with van der Waals surface area (Å²) in [7, 11) is 0. The Bertz CT molecular complexity index is 1280. The minimum Gasteiger partial charge on any atom is -0.478 e. The molecule has 4 rings (SSSR count). The van der Waals surface area contributed by atoms with Crippen molar-refractivity contribution in [3.8, 4) is 17.6 Å². The van der Waals surface area contributed by atoms with Gasteiger partial charge in [-0.15, -0.1) is 0 Å². The third-order valence-corrected chi connectivity index (χ3v) is 5.34. The molecule has 0 fully saturated rings. The number of fused-ring (bicyclic) bond motifs is 2. The van der Waals surface area contributed by atoms with Crippen LogP contribution >= 0.6 is 11.6 Å². The number of carboxylic acids is 1. The van der Waals surface area contributed by atoms with Crippen LogP contribution < -0.4 is 10.1 Å². The van der Waals surface area contributed by atoms with E-state index in [1.165, 1.54) is 24.3 Å². The lowest BCUT2D eigenvalue weighted by Gasteiger charge is -2.24.